The van der Waals surface area contributed by atoms with Gasteiger partial charge in [-0.2, -0.15) is 0 Å². The van der Waals surface area contributed by atoms with Crippen LogP contribution in [0.3, 0.4) is 0 Å². The van der Waals surface area contributed by atoms with Crippen LogP contribution in [0.1, 0.15) is 5.69 Å². The number of aromatic amines is 1. The van der Waals surface area contributed by atoms with Crippen LogP contribution in [0.15, 0.2) is 12.5 Å². The summed E-state index contributed by atoms with van der Waals surface area (Å²) in [6, 6.07) is 0. The Morgan fingerprint density at radius 2 is 2.38 bits per heavy atom. The van der Waals surface area contributed by atoms with Crippen molar-refractivity contribution in [2.24, 2.45) is 5.73 Å². The molecule has 0 saturated heterocycles. The summed E-state index contributed by atoms with van der Waals surface area (Å²) in [5, 5.41) is 0. The first-order chi connectivity index (χ1) is 6.14. The fourth-order valence-electron chi connectivity index (χ4n) is 0.796. The molecule has 0 atom stereocenters. The lowest BCUT2D eigenvalue weighted by Crippen LogP contribution is -2.29. The molecule has 1 heterocycles. The highest BCUT2D eigenvalue weighted by Crippen LogP contribution is 1.91. The minimum atomic E-state index is -3.23. The van der Waals surface area contributed by atoms with Crippen molar-refractivity contribution in [2.75, 3.05) is 12.3 Å². The van der Waals surface area contributed by atoms with Crippen LogP contribution in [0.25, 0.3) is 0 Å². The second kappa shape index (κ2) is 4.35. The minimum absolute atomic E-state index is 0.0544. The number of aromatic nitrogens is 2. The molecular formula is C6H12N4O2S. The third kappa shape index (κ3) is 3.53. The fourth-order valence-corrected chi connectivity index (χ4v) is 1.63. The maximum atomic E-state index is 11.1. The van der Waals surface area contributed by atoms with Gasteiger partial charge in [-0.15, -0.1) is 0 Å². The van der Waals surface area contributed by atoms with E-state index in [1.54, 1.807) is 6.20 Å². The van der Waals surface area contributed by atoms with E-state index in [0.717, 1.165) is 5.69 Å². The number of nitrogens with two attached hydrogens (primary N) is 1. The highest BCUT2D eigenvalue weighted by molar-refractivity contribution is 7.89. The van der Waals surface area contributed by atoms with Gasteiger partial charge in [0.15, 0.2) is 0 Å². The monoisotopic (exact) mass is 204 g/mol. The Labute approximate surface area is 76.6 Å². The van der Waals surface area contributed by atoms with Gasteiger partial charge < -0.3 is 10.7 Å². The molecule has 0 aliphatic rings. The number of sulfonamides is 1. The molecule has 4 N–H and O–H groups in total. The summed E-state index contributed by atoms with van der Waals surface area (Å²) in [7, 11) is -3.23. The van der Waals surface area contributed by atoms with E-state index in [1.807, 2.05) is 0 Å². The lowest BCUT2D eigenvalue weighted by molar-refractivity contribution is 0.580. The standard InChI is InChI=1S/C6H12N4O2S/c7-1-2-13(11,12)10-4-6-3-8-5-9-6/h3,5,10H,1-2,4,7H2,(H,8,9). The molecule has 6 nitrogen and oxygen atoms in total. The molecule has 0 amide bonds. The van der Waals surface area contributed by atoms with Crippen molar-refractivity contribution in [1.82, 2.24) is 14.7 Å². The lowest BCUT2D eigenvalue weighted by atomic mass is 10.5. The molecule has 0 fully saturated rings. The Morgan fingerprint density at radius 1 is 1.62 bits per heavy atom. The molecule has 74 valence electrons. The molecular weight excluding hydrogens is 192 g/mol. The quantitative estimate of drug-likeness (QED) is 0.560. The van der Waals surface area contributed by atoms with Crippen molar-refractivity contribution in [3.63, 3.8) is 0 Å². The second-order valence-corrected chi connectivity index (χ2v) is 4.43. The Morgan fingerprint density at radius 3 is 2.92 bits per heavy atom. The van der Waals surface area contributed by atoms with E-state index in [1.165, 1.54) is 6.33 Å². The largest absolute Gasteiger partial charge is 0.347 e. The lowest BCUT2D eigenvalue weighted by Gasteiger charge is -2.02. The zero-order valence-electron chi connectivity index (χ0n) is 7.03. The Balaban J connectivity index is 2.43. The van der Waals surface area contributed by atoms with Crippen LogP contribution in [0.2, 0.25) is 0 Å². The molecule has 0 unspecified atom stereocenters. The first-order valence-electron chi connectivity index (χ1n) is 3.79. The van der Waals surface area contributed by atoms with Crippen molar-refractivity contribution < 1.29 is 8.42 Å². The van der Waals surface area contributed by atoms with Gasteiger partial charge in [0.25, 0.3) is 0 Å². The number of hydrogen-bond acceptors (Lipinski definition) is 4. The number of H-pyrrole nitrogens is 1. The highest BCUT2D eigenvalue weighted by Gasteiger charge is 2.07. The summed E-state index contributed by atoms with van der Waals surface area (Å²) in [6.45, 7) is 0.348. The summed E-state index contributed by atoms with van der Waals surface area (Å²) in [5.41, 5.74) is 5.85. The van der Waals surface area contributed by atoms with Gasteiger partial charge >= 0.3 is 0 Å². The van der Waals surface area contributed by atoms with E-state index in [0.29, 0.717) is 0 Å². The van der Waals surface area contributed by atoms with E-state index >= 15 is 0 Å². The predicted octanol–water partition coefficient (Wildman–Crippen LogP) is -1.21. The number of rotatable bonds is 5. The minimum Gasteiger partial charge on any atom is -0.347 e. The second-order valence-electron chi connectivity index (χ2n) is 2.51. The van der Waals surface area contributed by atoms with Gasteiger partial charge in [-0.3, -0.25) is 0 Å². The van der Waals surface area contributed by atoms with Crippen LogP contribution in [-0.4, -0.2) is 30.7 Å². The Hall–Kier alpha value is -0.920. The smallest absolute Gasteiger partial charge is 0.213 e. The normalized spacial score (nSPS) is 11.8. The maximum Gasteiger partial charge on any atom is 0.213 e. The van der Waals surface area contributed by atoms with Crippen molar-refractivity contribution >= 4 is 10.0 Å². The fraction of sp³-hybridized carbons (Fsp3) is 0.500. The zero-order valence-corrected chi connectivity index (χ0v) is 7.84. The van der Waals surface area contributed by atoms with E-state index in [2.05, 4.69) is 14.7 Å². The third-order valence-corrected chi connectivity index (χ3v) is 2.78. The van der Waals surface area contributed by atoms with Gasteiger partial charge in [-0.1, -0.05) is 0 Å². The van der Waals surface area contributed by atoms with Gasteiger partial charge in [0, 0.05) is 18.4 Å². The van der Waals surface area contributed by atoms with Gasteiger partial charge in [-0.05, 0) is 0 Å². The van der Waals surface area contributed by atoms with E-state index in [-0.39, 0.29) is 18.8 Å². The first-order valence-corrected chi connectivity index (χ1v) is 5.44. The summed E-state index contributed by atoms with van der Waals surface area (Å²) in [5.74, 6) is -0.0544. The van der Waals surface area contributed by atoms with Gasteiger partial charge in [0.05, 0.1) is 18.6 Å². The Bertz CT molecular complexity index is 332. The van der Waals surface area contributed by atoms with Crippen molar-refractivity contribution in [3.8, 4) is 0 Å². The molecule has 0 aromatic carbocycles. The summed E-state index contributed by atoms with van der Waals surface area (Å²) in [4.78, 5) is 6.54. The molecule has 1 rings (SSSR count). The van der Waals surface area contributed by atoms with Crippen LogP contribution >= 0.6 is 0 Å². The van der Waals surface area contributed by atoms with E-state index in [9.17, 15) is 8.42 Å². The average molecular weight is 204 g/mol. The average Bonchev–Trinajstić information content (AvgIpc) is 2.52. The number of nitrogens with zero attached hydrogens (tertiary/aromatic N) is 1. The summed E-state index contributed by atoms with van der Waals surface area (Å²) >= 11 is 0. The molecule has 7 heteroatoms. The SMILES string of the molecule is NCCS(=O)(=O)NCc1cnc[nH]1. The molecule has 1 aromatic heterocycles. The van der Waals surface area contributed by atoms with Crippen LogP contribution in [0.4, 0.5) is 0 Å². The molecule has 0 aliphatic heterocycles. The van der Waals surface area contributed by atoms with Crippen molar-refractivity contribution in [2.45, 2.75) is 6.54 Å². The van der Waals surface area contributed by atoms with Gasteiger partial charge in [0.1, 0.15) is 0 Å². The number of hydrogen-bond donors (Lipinski definition) is 3. The van der Waals surface area contributed by atoms with Crippen LogP contribution in [0, 0.1) is 0 Å². The highest BCUT2D eigenvalue weighted by atomic mass is 32.2. The van der Waals surface area contributed by atoms with Crippen LogP contribution < -0.4 is 10.5 Å². The predicted molar refractivity (Wildman–Crippen MR) is 48.3 cm³/mol. The molecule has 0 saturated carbocycles. The molecule has 13 heavy (non-hydrogen) atoms. The molecule has 1 aromatic rings. The summed E-state index contributed by atoms with van der Waals surface area (Å²) in [6.07, 6.45) is 3.05. The van der Waals surface area contributed by atoms with Crippen LogP contribution in [-0.2, 0) is 16.6 Å². The molecule has 0 bridgehead atoms. The van der Waals surface area contributed by atoms with E-state index in [4.69, 9.17) is 5.73 Å². The Kier molecular flexibility index (Phi) is 3.40. The first kappa shape index (κ1) is 10.2. The van der Waals surface area contributed by atoms with Crippen molar-refractivity contribution in [1.29, 1.82) is 0 Å². The number of nitrogens with one attached hydrogen (secondary N) is 2. The van der Waals surface area contributed by atoms with E-state index < -0.39 is 10.0 Å². The van der Waals surface area contributed by atoms with Gasteiger partial charge in [0.2, 0.25) is 10.0 Å². The topological polar surface area (TPSA) is 101 Å². The van der Waals surface area contributed by atoms with Gasteiger partial charge in [-0.25, -0.2) is 18.1 Å². The van der Waals surface area contributed by atoms with Crippen molar-refractivity contribution in [3.05, 3.63) is 18.2 Å². The summed E-state index contributed by atoms with van der Waals surface area (Å²) < 4.78 is 24.6. The van der Waals surface area contributed by atoms with Crippen LogP contribution in [0.5, 0.6) is 0 Å². The maximum absolute atomic E-state index is 11.1. The number of imidazole rings is 1. The zero-order chi connectivity index (χ0) is 9.73. The molecule has 0 radical (unpaired) electrons. The molecule has 0 spiro atoms. The third-order valence-electron chi connectivity index (χ3n) is 1.42. The molecule has 0 aliphatic carbocycles.